The average Bonchev–Trinajstić information content (AvgIpc) is 3.23. The smallest absolute Gasteiger partial charge is 0.248 e. The van der Waals surface area contributed by atoms with Crippen molar-refractivity contribution in [1.82, 2.24) is 9.80 Å². The summed E-state index contributed by atoms with van der Waals surface area (Å²) in [5, 5.41) is 0. The number of ether oxygens (including phenoxy) is 2. The number of carbonyl (C=O) groups is 1. The standard InChI is InChI=1S/C17H26N2O4/c1-4-12-5-6-13(23-12)7-19-8-16(14-9-21-10-15(14)19)22-11-17(20)18(2)3/h5-6,14-16H,4,7-11H2,1-3H3/t14-,15+,16+/m1/s1. The molecule has 2 aliphatic rings. The first-order valence-corrected chi connectivity index (χ1v) is 8.29. The van der Waals surface area contributed by atoms with Crippen LogP contribution in [0.5, 0.6) is 0 Å². The van der Waals surface area contributed by atoms with E-state index in [2.05, 4.69) is 11.8 Å². The van der Waals surface area contributed by atoms with Crippen LogP contribution in [0.3, 0.4) is 0 Å². The molecule has 6 heteroatoms. The third-order valence-corrected chi connectivity index (χ3v) is 4.80. The van der Waals surface area contributed by atoms with E-state index in [1.165, 1.54) is 0 Å². The molecule has 1 aromatic heterocycles. The van der Waals surface area contributed by atoms with Crippen LogP contribution >= 0.6 is 0 Å². The summed E-state index contributed by atoms with van der Waals surface area (Å²) in [5.41, 5.74) is 0. The lowest BCUT2D eigenvalue weighted by Gasteiger charge is -2.20. The van der Waals surface area contributed by atoms with Gasteiger partial charge in [-0.15, -0.1) is 0 Å². The molecule has 0 aliphatic carbocycles. The number of fused-ring (bicyclic) bond motifs is 1. The van der Waals surface area contributed by atoms with Crippen LogP contribution in [0.1, 0.15) is 18.4 Å². The van der Waals surface area contributed by atoms with E-state index in [1.807, 2.05) is 12.1 Å². The highest BCUT2D eigenvalue weighted by atomic mass is 16.5. The van der Waals surface area contributed by atoms with E-state index in [1.54, 1.807) is 19.0 Å². The Morgan fingerprint density at radius 1 is 1.35 bits per heavy atom. The number of carbonyl (C=O) groups excluding carboxylic acids is 1. The molecule has 0 saturated carbocycles. The molecule has 128 valence electrons. The van der Waals surface area contributed by atoms with E-state index in [0.717, 1.165) is 37.6 Å². The van der Waals surface area contributed by atoms with Gasteiger partial charge in [0.05, 0.1) is 25.9 Å². The van der Waals surface area contributed by atoms with Crippen molar-refractivity contribution in [2.45, 2.75) is 32.0 Å². The number of aryl methyl sites for hydroxylation is 1. The summed E-state index contributed by atoms with van der Waals surface area (Å²) in [4.78, 5) is 15.7. The zero-order chi connectivity index (χ0) is 16.4. The van der Waals surface area contributed by atoms with E-state index in [-0.39, 0.29) is 18.6 Å². The summed E-state index contributed by atoms with van der Waals surface area (Å²) in [5.74, 6) is 2.34. The van der Waals surface area contributed by atoms with Crippen LogP contribution in [0, 0.1) is 5.92 Å². The van der Waals surface area contributed by atoms with Crippen molar-refractivity contribution in [1.29, 1.82) is 0 Å². The fraction of sp³-hybridized carbons (Fsp3) is 0.706. The molecule has 0 N–H and O–H groups in total. The first-order chi connectivity index (χ1) is 11.1. The number of furan rings is 1. The molecule has 2 fully saturated rings. The number of hydrogen-bond donors (Lipinski definition) is 0. The molecule has 0 radical (unpaired) electrons. The molecule has 23 heavy (non-hydrogen) atoms. The lowest BCUT2D eigenvalue weighted by atomic mass is 10.0. The zero-order valence-electron chi connectivity index (χ0n) is 14.2. The minimum Gasteiger partial charge on any atom is -0.465 e. The van der Waals surface area contributed by atoms with Crippen molar-refractivity contribution in [2.24, 2.45) is 5.92 Å². The fourth-order valence-corrected chi connectivity index (χ4v) is 3.36. The maximum Gasteiger partial charge on any atom is 0.248 e. The number of amides is 1. The second-order valence-corrected chi connectivity index (χ2v) is 6.56. The van der Waals surface area contributed by atoms with Crippen LogP contribution in [0.15, 0.2) is 16.5 Å². The minimum atomic E-state index is -0.00228. The molecule has 0 aromatic carbocycles. The number of nitrogens with zero attached hydrogens (tertiary/aromatic N) is 2. The van der Waals surface area contributed by atoms with Gasteiger partial charge in [0.15, 0.2) is 0 Å². The number of likely N-dealkylation sites (N-methyl/N-ethyl adjacent to an activating group) is 1. The Hall–Kier alpha value is -1.37. The van der Waals surface area contributed by atoms with Gasteiger partial charge in [-0.25, -0.2) is 0 Å². The second-order valence-electron chi connectivity index (χ2n) is 6.56. The molecule has 2 saturated heterocycles. The molecule has 1 aromatic rings. The maximum absolute atomic E-state index is 11.7. The summed E-state index contributed by atoms with van der Waals surface area (Å²) in [6.45, 7) is 5.25. The summed E-state index contributed by atoms with van der Waals surface area (Å²) >= 11 is 0. The SMILES string of the molecule is CCc1ccc(CN2C[C@H](OCC(=O)N(C)C)[C@@H]3COC[C@@H]32)o1. The lowest BCUT2D eigenvalue weighted by Crippen LogP contribution is -2.32. The predicted molar refractivity (Wildman–Crippen MR) is 85.0 cm³/mol. The minimum absolute atomic E-state index is 0.00228. The van der Waals surface area contributed by atoms with Gasteiger partial charge in [-0.1, -0.05) is 6.92 Å². The van der Waals surface area contributed by atoms with Crippen LogP contribution in [-0.2, 0) is 27.2 Å². The average molecular weight is 322 g/mol. The Bertz CT molecular complexity index is 542. The van der Waals surface area contributed by atoms with Crippen molar-refractivity contribution in [3.8, 4) is 0 Å². The van der Waals surface area contributed by atoms with Gasteiger partial charge in [0.2, 0.25) is 5.91 Å². The van der Waals surface area contributed by atoms with Crippen molar-refractivity contribution in [3.63, 3.8) is 0 Å². The first-order valence-electron chi connectivity index (χ1n) is 8.29. The monoisotopic (exact) mass is 322 g/mol. The number of hydrogen-bond acceptors (Lipinski definition) is 5. The molecule has 6 nitrogen and oxygen atoms in total. The Morgan fingerprint density at radius 2 is 2.13 bits per heavy atom. The molecular formula is C17H26N2O4. The molecule has 3 rings (SSSR count). The van der Waals surface area contributed by atoms with Crippen LogP contribution in [0.2, 0.25) is 0 Å². The van der Waals surface area contributed by atoms with E-state index in [4.69, 9.17) is 13.9 Å². The molecule has 0 bridgehead atoms. The van der Waals surface area contributed by atoms with Crippen LogP contribution in [-0.4, -0.2) is 68.3 Å². The van der Waals surface area contributed by atoms with E-state index in [0.29, 0.717) is 18.6 Å². The molecule has 3 heterocycles. The third kappa shape index (κ3) is 3.59. The fourth-order valence-electron chi connectivity index (χ4n) is 3.36. The number of rotatable bonds is 6. The third-order valence-electron chi connectivity index (χ3n) is 4.80. The Balaban J connectivity index is 1.60. The second kappa shape index (κ2) is 7.03. The van der Waals surface area contributed by atoms with E-state index < -0.39 is 0 Å². The Kier molecular flexibility index (Phi) is 5.04. The molecular weight excluding hydrogens is 296 g/mol. The van der Waals surface area contributed by atoms with Gasteiger partial charge in [0.25, 0.3) is 0 Å². The summed E-state index contributed by atoms with van der Waals surface area (Å²) in [6.07, 6.45) is 0.958. The first kappa shape index (κ1) is 16.5. The highest BCUT2D eigenvalue weighted by molar-refractivity contribution is 5.76. The maximum atomic E-state index is 11.7. The van der Waals surface area contributed by atoms with Gasteiger partial charge in [-0.2, -0.15) is 0 Å². The van der Waals surface area contributed by atoms with Gasteiger partial charge >= 0.3 is 0 Å². The summed E-state index contributed by atoms with van der Waals surface area (Å²) in [6, 6.07) is 4.44. The molecule has 1 amide bonds. The van der Waals surface area contributed by atoms with Gasteiger partial charge < -0.3 is 18.8 Å². The molecule has 2 aliphatic heterocycles. The highest BCUT2D eigenvalue weighted by Gasteiger charge is 2.46. The van der Waals surface area contributed by atoms with E-state index in [9.17, 15) is 4.79 Å². The quantitative estimate of drug-likeness (QED) is 0.786. The van der Waals surface area contributed by atoms with Crippen LogP contribution in [0.4, 0.5) is 0 Å². The molecule has 0 spiro atoms. The topological polar surface area (TPSA) is 55.2 Å². The molecule has 0 unspecified atom stereocenters. The van der Waals surface area contributed by atoms with Gasteiger partial charge in [0.1, 0.15) is 18.1 Å². The van der Waals surface area contributed by atoms with Crippen LogP contribution in [0.25, 0.3) is 0 Å². The summed E-state index contributed by atoms with van der Waals surface area (Å²) < 4.78 is 17.4. The Labute approximate surface area is 137 Å². The number of likely N-dealkylation sites (tertiary alicyclic amines) is 1. The highest BCUT2D eigenvalue weighted by Crippen LogP contribution is 2.33. The Morgan fingerprint density at radius 3 is 2.83 bits per heavy atom. The van der Waals surface area contributed by atoms with Gasteiger partial charge in [-0.3, -0.25) is 9.69 Å². The molecule has 3 atom stereocenters. The lowest BCUT2D eigenvalue weighted by molar-refractivity contribution is -0.136. The van der Waals surface area contributed by atoms with E-state index >= 15 is 0 Å². The summed E-state index contributed by atoms with van der Waals surface area (Å²) in [7, 11) is 3.49. The van der Waals surface area contributed by atoms with Crippen LogP contribution < -0.4 is 0 Å². The predicted octanol–water partition coefficient (Wildman–Crippen LogP) is 1.15. The van der Waals surface area contributed by atoms with Crippen molar-refractivity contribution < 1.29 is 18.7 Å². The van der Waals surface area contributed by atoms with Gasteiger partial charge in [-0.05, 0) is 12.1 Å². The van der Waals surface area contributed by atoms with Crippen molar-refractivity contribution in [3.05, 3.63) is 23.7 Å². The van der Waals surface area contributed by atoms with Gasteiger partial charge in [0, 0.05) is 39.0 Å². The normalized spacial score (nSPS) is 27.3. The zero-order valence-corrected chi connectivity index (χ0v) is 14.2. The largest absolute Gasteiger partial charge is 0.465 e. The van der Waals surface area contributed by atoms with Crippen molar-refractivity contribution in [2.75, 3.05) is 40.5 Å². The van der Waals surface area contributed by atoms with Crippen molar-refractivity contribution >= 4 is 5.91 Å².